The lowest BCUT2D eigenvalue weighted by molar-refractivity contribution is -0.131. The van der Waals surface area contributed by atoms with E-state index in [2.05, 4.69) is 11.4 Å². The number of nitrogens with one attached hydrogen (secondary N) is 1. The molecule has 0 saturated heterocycles. The number of nitrogens with zero attached hydrogens (tertiary/aromatic N) is 1. The first kappa shape index (κ1) is 15.3. The van der Waals surface area contributed by atoms with Gasteiger partial charge in [0.1, 0.15) is 0 Å². The number of hydrogen-bond donors (Lipinski definition) is 2. The quantitative estimate of drug-likeness (QED) is 0.858. The van der Waals surface area contributed by atoms with Crippen molar-refractivity contribution in [1.29, 1.82) is 0 Å². The van der Waals surface area contributed by atoms with Gasteiger partial charge in [-0.25, -0.2) is 0 Å². The summed E-state index contributed by atoms with van der Waals surface area (Å²) in [6.07, 6.45) is 2.60. The Balaban J connectivity index is 2.18. The number of amides is 2. The van der Waals surface area contributed by atoms with Crippen LogP contribution in [0.2, 0.25) is 0 Å². The van der Waals surface area contributed by atoms with Crippen molar-refractivity contribution in [1.82, 2.24) is 10.2 Å². The molecule has 112 valence electrons. The maximum absolute atomic E-state index is 12.4. The van der Waals surface area contributed by atoms with Crippen LogP contribution in [0, 0.1) is 0 Å². The summed E-state index contributed by atoms with van der Waals surface area (Å²) in [6, 6.07) is 9.04. The maximum atomic E-state index is 12.4. The second-order valence-electron chi connectivity index (χ2n) is 5.37. The van der Waals surface area contributed by atoms with E-state index in [0.717, 1.165) is 11.1 Å². The van der Waals surface area contributed by atoms with Crippen molar-refractivity contribution in [2.75, 3.05) is 13.6 Å². The Hall–Kier alpha value is -2.14. The number of primary amides is 1. The lowest BCUT2D eigenvalue weighted by Gasteiger charge is -2.23. The molecule has 2 atom stereocenters. The summed E-state index contributed by atoms with van der Waals surface area (Å²) in [5.74, 6) is -0.479. The zero-order valence-electron chi connectivity index (χ0n) is 12.4. The summed E-state index contributed by atoms with van der Waals surface area (Å²) in [5.41, 5.74) is 7.47. The van der Waals surface area contributed by atoms with Crippen molar-refractivity contribution in [2.45, 2.75) is 25.4 Å². The molecular formula is C16H21N3O2. The van der Waals surface area contributed by atoms with Crippen LogP contribution in [0.15, 0.2) is 36.4 Å². The van der Waals surface area contributed by atoms with Gasteiger partial charge in [0, 0.05) is 13.6 Å². The van der Waals surface area contributed by atoms with E-state index in [1.54, 1.807) is 18.9 Å². The molecule has 0 aromatic heterocycles. The Kier molecular flexibility index (Phi) is 4.75. The molecular weight excluding hydrogens is 266 g/mol. The molecule has 5 heteroatoms. The van der Waals surface area contributed by atoms with Crippen LogP contribution in [0.25, 0.3) is 5.57 Å². The third-order valence-corrected chi connectivity index (χ3v) is 3.70. The van der Waals surface area contributed by atoms with Gasteiger partial charge in [-0.05, 0) is 24.5 Å². The molecule has 5 nitrogen and oxygen atoms in total. The molecule has 0 spiro atoms. The predicted octanol–water partition coefficient (Wildman–Crippen LogP) is 0.764. The van der Waals surface area contributed by atoms with Gasteiger partial charge in [0.25, 0.3) is 0 Å². The van der Waals surface area contributed by atoms with Crippen molar-refractivity contribution in [3.63, 3.8) is 0 Å². The van der Waals surface area contributed by atoms with Gasteiger partial charge in [-0.15, -0.1) is 0 Å². The largest absolute Gasteiger partial charge is 0.368 e. The highest BCUT2D eigenvalue weighted by molar-refractivity contribution is 5.87. The van der Waals surface area contributed by atoms with Gasteiger partial charge in [-0.2, -0.15) is 0 Å². The monoisotopic (exact) mass is 287 g/mol. The first-order valence-corrected chi connectivity index (χ1v) is 7.04. The van der Waals surface area contributed by atoms with Crippen LogP contribution in [0.4, 0.5) is 0 Å². The van der Waals surface area contributed by atoms with Crippen molar-refractivity contribution in [3.05, 3.63) is 42.0 Å². The topological polar surface area (TPSA) is 75.4 Å². The van der Waals surface area contributed by atoms with Gasteiger partial charge in [0.05, 0.1) is 12.1 Å². The molecule has 2 amide bonds. The fourth-order valence-electron chi connectivity index (χ4n) is 2.41. The highest BCUT2D eigenvalue weighted by Gasteiger charge is 2.27. The second kappa shape index (κ2) is 6.54. The molecule has 0 fully saturated rings. The Bertz CT molecular complexity index is 554. The minimum atomic E-state index is -0.529. The minimum absolute atomic E-state index is 0.0229. The van der Waals surface area contributed by atoms with Crippen molar-refractivity contribution in [3.8, 4) is 0 Å². The third kappa shape index (κ3) is 3.70. The molecule has 0 radical (unpaired) electrons. The van der Waals surface area contributed by atoms with Crippen LogP contribution in [0.1, 0.15) is 18.9 Å². The van der Waals surface area contributed by atoms with Crippen molar-refractivity contribution < 1.29 is 9.59 Å². The van der Waals surface area contributed by atoms with Crippen molar-refractivity contribution in [2.24, 2.45) is 5.73 Å². The first-order chi connectivity index (χ1) is 9.99. The van der Waals surface area contributed by atoms with E-state index in [1.165, 1.54) is 0 Å². The molecule has 0 unspecified atom stereocenters. The Labute approximate surface area is 124 Å². The van der Waals surface area contributed by atoms with Gasteiger partial charge in [0.2, 0.25) is 11.8 Å². The van der Waals surface area contributed by atoms with E-state index in [-0.39, 0.29) is 5.91 Å². The molecule has 1 aromatic carbocycles. The number of rotatable bonds is 4. The number of carbonyl (C=O) groups excluding carboxylic acids is 2. The zero-order chi connectivity index (χ0) is 15.4. The van der Waals surface area contributed by atoms with Gasteiger partial charge in [-0.1, -0.05) is 36.4 Å². The predicted molar refractivity (Wildman–Crippen MR) is 82.3 cm³/mol. The van der Waals surface area contributed by atoms with Crippen LogP contribution in [-0.4, -0.2) is 42.4 Å². The lowest BCUT2D eigenvalue weighted by atomic mass is 10.0. The summed E-state index contributed by atoms with van der Waals surface area (Å²) < 4.78 is 0. The zero-order valence-corrected chi connectivity index (χ0v) is 12.4. The van der Waals surface area contributed by atoms with Crippen molar-refractivity contribution >= 4 is 17.4 Å². The second-order valence-corrected chi connectivity index (χ2v) is 5.37. The molecule has 1 aliphatic heterocycles. The van der Waals surface area contributed by atoms with E-state index in [1.807, 2.05) is 30.3 Å². The maximum Gasteiger partial charge on any atom is 0.240 e. The highest BCUT2D eigenvalue weighted by atomic mass is 16.2. The summed E-state index contributed by atoms with van der Waals surface area (Å²) in [4.78, 5) is 25.2. The van der Waals surface area contributed by atoms with E-state index in [0.29, 0.717) is 13.0 Å². The van der Waals surface area contributed by atoms with Gasteiger partial charge >= 0.3 is 0 Å². The van der Waals surface area contributed by atoms with Gasteiger partial charge in [0.15, 0.2) is 0 Å². The number of likely N-dealkylation sites (N-methyl/N-ethyl adjacent to an activating group) is 1. The SMILES string of the molecule is C[C@H](N[C@H]1CC=C(c2ccccc2)CN(C)C1=O)C(N)=O. The van der Waals surface area contributed by atoms with E-state index < -0.39 is 18.0 Å². The van der Waals surface area contributed by atoms with E-state index in [9.17, 15) is 9.59 Å². The fraction of sp³-hybridized carbons (Fsp3) is 0.375. The summed E-state index contributed by atoms with van der Waals surface area (Å²) in [7, 11) is 1.77. The average molecular weight is 287 g/mol. The number of nitrogens with two attached hydrogens (primary N) is 1. The first-order valence-electron chi connectivity index (χ1n) is 7.04. The Morgan fingerprint density at radius 1 is 1.38 bits per heavy atom. The standard InChI is InChI=1S/C16H21N3O2/c1-11(15(17)20)18-14-9-8-13(10-19(2)16(14)21)12-6-4-3-5-7-12/h3-8,11,14,18H,9-10H2,1-2H3,(H2,17,20)/t11-,14-/m0/s1. The molecule has 1 aliphatic rings. The molecule has 21 heavy (non-hydrogen) atoms. The van der Waals surface area contributed by atoms with Gasteiger partial charge in [-0.3, -0.25) is 14.9 Å². The molecule has 1 aromatic rings. The molecule has 0 saturated carbocycles. The normalized spacial score (nSPS) is 20.7. The van der Waals surface area contributed by atoms with Crippen LogP contribution in [0.5, 0.6) is 0 Å². The molecule has 0 bridgehead atoms. The van der Waals surface area contributed by atoms with Crippen LogP contribution >= 0.6 is 0 Å². The highest BCUT2D eigenvalue weighted by Crippen LogP contribution is 2.20. The summed E-state index contributed by atoms with van der Waals surface area (Å²) in [6.45, 7) is 2.23. The smallest absolute Gasteiger partial charge is 0.240 e. The minimum Gasteiger partial charge on any atom is -0.368 e. The van der Waals surface area contributed by atoms with E-state index >= 15 is 0 Å². The average Bonchev–Trinajstić information content (AvgIpc) is 2.61. The fourth-order valence-corrected chi connectivity index (χ4v) is 2.41. The Morgan fingerprint density at radius 3 is 2.67 bits per heavy atom. The molecule has 1 heterocycles. The molecule has 0 aliphatic carbocycles. The number of benzene rings is 1. The molecule has 3 N–H and O–H groups in total. The van der Waals surface area contributed by atoms with E-state index in [4.69, 9.17) is 5.73 Å². The summed E-state index contributed by atoms with van der Waals surface area (Å²) >= 11 is 0. The van der Waals surface area contributed by atoms with Crippen LogP contribution in [-0.2, 0) is 9.59 Å². The Morgan fingerprint density at radius 2 is 2.05 bits per heavy atom. The van der Waals surface area contributed by atoms with Crippen LogP contribution < -0.4 is 11.1 Å². The lowest BCUT2D eigenvalue weighted by Crippen LogP contribution is -2.51. The summed E-state index contributed by atoms with van der Waals surface area (Å²) in [5, 5.41) is 3.00. The third-order valence-electron chi connectivity index (χ3n) is 3.70. The molecule has 2 rings (SSSR count). The number of hydrogen-bond acceptors (Lipinski definition) is 3. The van der Waals surface area contributed by atoms with Crippen LogP contribution in [0.3, 0.4) is 0 Å². The number of carbonyl (C=O) groups is 2. The van der Waals surface area contributed by atoms with Gasteiger partial charge < -0.3 is 10.6 Å².